The van der Waals surface area contributed by atoms with Crippen molar-refractivity contribution in [2.75, 3.05) is 20.4 Å². The molecule has 4 amide bonds. The molecule has 4 heterocycles. The van der Waals surface area contributed by atoms with Gasteiger partial charge in [-0.3, -0.25) is 19.4 Å². The first-order valence-corrected chi connectivity index (χ1v) is 12.0. The van der Waals surface area contributed by atoms with Gasteiger partial charge in [-0.2, -0.15) is 0 Å². The summed E-state index contributed by atoms with van der Waals surface area (Å²) in [6, 6.07) is 6.68. The van der Waals surface area contributed by atoms with E-state index in [0.717, 1.165) is 10.5 Å². The lowest BCUT2D eigenvalue weighted by Gasteiger charge is -2.29. The minimum Gasteiger partial charge on any atom is -0.497 e. The second-order valence-electron chi connectivity index (χ2n) is 9.64. The molecule has 38 heavy (non-hydrogen) atoms. The number of pyridine rings is 1. The molecular formula is C26H27N5O7. The van der Waals surface area contributed by atoms with E-state index in [9.17, 15) is 19.2 Å². The van der Waals surface area contributed by atoms with Crippen molar-refractivity contribution >= 4 is 34.8 Å². The summed E-state index contributed by atoms with van der Waals surface area (Å²) in [7, 11) is 1.51. The Kier molecular flexibility index (Phi) is 6.27. The fourth-order valence-corrected chi connectivity index (χ4v) is 4.57. The highest BCUT2D eigenvalue weighted by atomic mass is 16.5. The van der Waals surface area contributed by atoms with Crippen LogP contribution in [0.3, 0.4) is 0 Å². The first-order valence-electron chi connectivity index (χ1n) is 12.0. The van der Waals surface area contributed by atoms with Crippen LogP contribution in [0.5, 0.6) is 5.75 Å². The maximum atomic E-state index is 13.9. The van der Waals surface area contributed by atoms with Crippen molar-refractivity contribution < 1.29 is 33.1 Å². The molecule has 5 rings (SSSR count). The Morgan fingerprint density at radius 2 is 2.03 bits per heavy atom. The normalized spacial score (nSPS) is 19.8. The third-order valence-electron chi connectivity index (χ3n) is 6.86. The third-order valence-corrected chi connectivity index (χ3v) is 6.86. The fourth-order valence-electron chi connectivity index (χ4n) is 4.57. The summed E-state index contributed by atoms with van der Waals surface area (Å²) in [6.45, 7) is 2.85. The summed E-state index contributed by atoms with van der Waals surface area (Å²) in [5.74, 6) is -1.36. The summed E-state index contributed by atoms with van der Waals surface area (Å²) < 4.78 is 16.4. The quantitative estimate of drug-likeness (QED) is 0.333. The van der Waals surface area contributed by atoms with Crippen molar-refractivity contribution in [3.63, 3.8) is 0 Å². The molecule has 2 aliphatic heterocycles. The molecule has 0 aliphatic carbocycles. The largest absolute Gasteiger partial charge is 0.497 e. The number of carbonyl (C=O) groups is 4. The van der Waals surface area contributed by atoms with Crippen molar-refractivity contribution in [1.29, 1.82) is 0 Å². The molecule has 0 saturated carbocycles. The van der Waals surface area contributed by atoms with E-state index < -0.39 is 36.2 Å². The van der Waals surface area contributed by atoms with E-state index in [1.54, 1.807) is 50.4 Å². The number of hydrogen-bond donors (Lipinski definition) is 2. The second-order valence-corrected chi connectivity index (χ2v) is 9.64. The number of methoxy groups -OCH3 is 1. The molecule has 1 aromatic carbocycles. The van der Waals surface area contributed by atoms with Crippen LogP contribution in [0.2, 0.25) is 0 Å². The zero-order valence-electron chi connectivity index (χ0n) is 21.1. The van der Waals surface area contributed by atoms with E-state index in [2.05, 4.69) is 10.3 Å². The highest BCUT2D eigenvalue weighted by Crippen LogP contribution is 2.37. The number of imide groups is 1. The average molecular weight is 522 g/mol. The van der Waals surface area contributed by atoms with Crippen LogP contribution in [0.1, 0.15) is 35.5 Å². The zero-order chi connectivity index (χ0) is 27.2. The van der Waals surface area contributed by atoms with Gasteiger partial charge in [0.2, 0.25) is 0 Å². The molecule has 198 valence electrons. The molecule has 0 spiro atoms. The lowest BCUT2D eigenvalue weighted by Crippen LogP contribution is -2.52. The van der Waals surface area contributed by atoms with Gasteiger partial charge in [-0.05, 0) is 35.7 Å². The number of amides is 4. The smallest absolute Gasteiger partial charge is 0.328 e. The lowest BCUT2D eigenvalue weighted by molar-refractivity contribution is -0.152. The molecule has 12 nitrogen and oxygen atoms in total. The maximum absolute atomic E-state index is 13.9. The van der Waals surface area contributed by atoms with Crippen LogP contribution in [-0.2, 0) is 26.4 Å². The van der Waals surface area contributed by atoms with E-state index in [-0.39, 0.29) is 30.7 Å². The molecule has 1 fully saturated rings. The number of urea groups is 1. The summed E-state index contributed by atoms with van der Waals surface area (Å²) in [4.78, 5) is 58.9. The number of fused-ring (bicyclic) bond motifs is 2. The molecular weight excluding hydrogens is 494 g/mol. The van der Waals surface area contributed by atoms with Gasteiger partial charge in [0.05, 0.1) is 13.7 Å². The Bertz CT molecular complexity index is 1420. The van der Waals surface area contributed by atoms with Crippen molar-refractivity contribution in [1.82, 2.24) is 20.1 Å². The number of furan rings is 1. The van der Waals surface area contributed by atoms with E-state index in [1.807, 2.05) is 0 Å². The van der Waals surface area contributed by atoms with Crippen molar-refractivity contribution in [3.05, 3.63) is 59.6 Å². The highest BCUT2D eigenvalue weighted by Gasteiger charge is 2.57. The van der Waals surface area contributed by atoms with Crippen LogP contribution in [0, 0.1) is 5.92 Å². The van der Waals surface area contributed by atoms with Crippen LogP contribution in [0.25, 0.3) is 11.0 Å². The average Bonchev–Trinajstić information content (AvgIpc) is 3.55. The molecule has 12 heteroatoms. The van der Waals surface area contributed by atoms with E-state index in [4.69, 9.17) is 19.6 Å². The molecule has 0 unspecified atom stereocenters. The van der Waals surface area contributed by atoms with E-state index >= 15 is 0 Å². The number of nitrogens with two attached hydrogens (primary N) is 1. The number of hydrogen-bond acceptors (Lipinski definition) is 9. The number of ether oxygens (including phenoxy) is 2. The Morgan fingerprint density at radius 1 is 1.24 bits per heavy atom. The van der Waals surface area contributed by atoms with Gasteiger partial charge in [-0.25, -0.2) is 9.69 Å². The Hall–Kier alpha value is -4.45. The van der Waals surface area contributed by atoms with Crippen LogP contribution < -0.4 is 15.8 Å². The van der Waals surface area contributed by atoms with E-state index in [0.29, 0.717) is 22.3 Å². The first-order chi connectivity index (χ1) is 18.1. The monoisotopic (exact) mass is 521 g/mol. The molecule has 1 saturated heterocycles. The standard InChI is InChI=1S/C26H27N5O7/c1-14(2)21(27)23(33)37-13-31-24(34)26(29-25(31)35,20-8-16-10-28-7-6-19(16)38-20)12-30-11-15-4-5-17(36-3)9-18(15)22(30)32/h4-10,14,21H,11-13,27H2,1-3H3,(H,29,35)/t21-,26+/m1/s1. The zero-order valence-corrected chi connectivity index (χ0v) is 21.1. The fraction of sp³-hybridized carbons (Fsp3) is 0.346. The van der Waals surface area contributed by atoms with Gasteiger partial charge in [0.1, 0.15) is 23.1 Å². The SMILES string of the molecule is COc1ccc2c(c1)C(=O)N(C[C@@]1(c3cc4cnccc4o3)NC(=O)N(COC(=O)[C@H](N)C(C)C)C1=O)C2. The molecule has 2 atom stereocenters. The van der Waals surface area contributed by atoms with Gasteiger partial charge in [0, 0.05) is 29.9 Å². The van der Waals surface area contributed by atoms with Crippen LogP contribution in [-0.4, -0.2) is 65.0 Å². The van der Waals surface area contributed by atoms with Gasteiger partial charge in [0.25, 0.3) is 11.8 Å². The van der Waals surface area contributed by atoms with Gasteiger partial charge in [0.15, 0.2) is 12.3 Å². The number of benzene rings is 1. The number of rotatable bonds is 8. The van der Waals surface area contributed by atoms with Gasteiger partial charge >= 0.3 is 12.0 Å². The third kappa shape index (κ3) is 4.12. The van der Waals surface area contributed by atoms with Crippen molar-refractivity contribution in [2.45, 2.75) is 32.0 Å². The second kappa shape index (κ2) is 9.45. The van der Waals surface area contributed by atoms with Crippen molar-refractivity contribution in [2.24, 2.45) is 11.7 Å². The van der Waals surface area contributed by atoms with Crippen LogP contribution in [0.15, 0.2) is 47.1 Å². The van der Waals surface area contributed by atoms with E-state index in [1.165, 1.54) is 18.2 Å². The van der Waals surface area contributed by atoms with Crippen molar-refractivity contribution in [3.8, 4) is 5.75 Å². The topological polar surface area (TPSA) is 157 Å². The van der Waals surface area contributed by atoms with Crippen LogP contribution >= 0.6 is 0 Å². The predicted molar refractivity (Wildman–Crippen MR) is 133 cm³/mol. The van der Waals surface area contributed by atoms with Gasteiger partial charge < -0.3 is 29.8 Å². The highest BCUT2D eigenvalue weighted by molar-refractivity contribution is 6.08. The molecule has 3 aromatic rings. The minimum atomic E-state index is -1.77. The number of nitrogens with zero attached hydrogens (tertiary/aromatic N) is 3. The Morgan fingerprint density at radius 3 is 2.74 bits per heavy atom. The number of esters is 1. The Labute approximate surface area is 217 Å². The molecule has 0 radical (unpaired) electrons. The Balaban J connectivity index is 1.48. The first kappa shape index (κ1) is 25.2. The maximum Gasteiger partial charge on any atom is 0.328 e. The number of carbonyl (C=O) groups excluding carboxylic acids is 4. The number of nitrogens with one attached hydrogen (secondary N) is 1. The van der Waals surface area contributed by atoms with Gasteiger partial charge in [-0.15, -0.1) is 0 Å². The molecule has 2 aromatic heterocycles. The number of aromatic nitrogens is 1. The molecule has 3 N–H and O–H groups in total. The summed E-state index contributed by atoms with van der Waals surface area (Å²) >= 11 is 0. The van der Waals surface area contributed by atoms with Gasteiger partial charge in [-0.1, -0.05) is 19.9 Å². The summed E-state index contributed by atoms with van der Waals surface area (Å²) in [5, 5.41) is 3.31. The molecule has 0 bridgehead atoms. The minimum absolute atomic E-state index is 0.118. The summed E-state index contributed by atoms with van der Waals surface area (Å²) in [5.41, 5.74) is 5.71. The summed E-state index contributed by atoms with van der Waals surface area (Å²) in [6.07, 6.45) is 3.10. The lowest BCUT2D eigenvalue weighted by atomic mass is 9.95. The van der Waals surface area contributed by atoms with Crippen LogP contribution in [0.4, 0.5) is 4.79 Å². The molecule has 2 aliphatic rings. The predicted octanol–water partition coefficient (Wildman–Crippen LogP) is 1.72.